The van der Waals surface area contributed by atoms with Crippen LogP contribution in [0.25, 0.3) is 11.3 Å². The van der Waals surface area contributed by atoms with E-state index < -0.39 is 17.5 Å². The number of carbonyl (C=O) groups is 1. The fourth-order valence-electron chi connectivity index (χ4n) is 2.06. The molecular formula is C17H12F2N2OS. The van der Waals surface area contributed by atoms with Crippen LogP contribution < -0.4 is 5.32 Å². The van der Waals surface area contributed by atoms with Gasteiger partial charge >= 0.3 is 0 Å². The summed E-state index contributed by atoms with van der Waals surface area (Å²) >= 11 is 1.57. The Morgan fingerprint density at radius 1 is 1.09 bits per heavy atom. The van der Waals surface area contributed by atoms with Crippen molar-refractivity contribution in [1.29, 1.82) is 0 Å². The highest BCUT2D eigenvalue weighted by atomic mass is 32.1. The van der Waals surface area contributed by atoms with Gasteiger partial charge in [-0.05, 0) is 37.3 Å². The molecule has 0 saturated carbocycles. The molecule has 0 aliphatic carbocycles. The number of nitrogens with zero attached hydrogens (tertiary/aromatic N) is 1. The molecule has 2 aromatic carbocycles. The third-order valence-corrected chi connectivity index (χ3v) is 4.01. The van der Waals surface area contributed by atoms with Gasteiger partial charge in [0.2, 0.25) is 0 Å². The van der Waals surface area contributed by atoms with E-state index in [2.05, 4.69) is 10.3 Å². The highest BCUT2D eigenvalue weighted by molar-refractivity contribution is 7.09. The number of halogens is 2. The van der Waals surface area contributed by atoms with Crippen molar-refractivity contribution >= 4 is 22.9 Å². The molecule has 0 aliphatic heterocycles. The summed E-state index contributed by atoms with van der Waals surface area (Å²) in [5.41, 5.74) is 2.45. The number of aryl methyl sites for hydroxylation is 1. The van der Waals surface area contributed by atoms with Crippen molar-refractivity contribution in [1.82, 2.24) is 4.98 Å². The first-order valence-corrected chi connectivity index (χ1v) is 7.70. The van der Waals surface area contributed by atoms with Crippen LogP contribution in [0.3, 0.4) is 0 Å². The van der Waals surface area contributed by atoms with Gasteiger partial charge in [0, 0.05) is 22.2 Å². The number of amides is 1. The number of hydrogen-bond acceptors (Lipinski definition) is 3. The maximum absolute atomic E-state index is 13.2. The number of anilines is 1. The minimum atomic E-state index is -1.05. The van der Waals surface area contributed by atoms with E-state index in [4.69, 9.17) is 0 Å². The van der Waals surface area contributed by atoms with Gasteiger partial charge in [-0.2, -0.15) is 0 Å². The van der Waals surface area contributed by atoms with Gasteiger partial charge in [-0.15, -0.1) is 11.3 Å². The van der Waals surface area contributed by atoms with E-state index in [1.54, 1.807) is 23.5 Å². The lowest BCUT2D eigenvalue weighted by atomic mass is 10.1. The van der Waals surface area contributed by atoms with Crippen LogP contribution in [0.15, 0.2) is 47.8 Å². The summed E-state index contributed by atoms with van der Waals surface area (Å²) in [6.07, 6.45) is 0. The van der Waals surface area contributed by atoms with Gasteiger partial charge in [0.05, 0.1) is 10.7 Å². The molecule has 116 valence electrons. The second-order valence-corrected chi connectivity index (χ2v) is 5.97. The summed E-state index contributed by atoms with van der Waals surface area (Å²) in [6, 6.07) is 10.2. The molecule has 0 aliphatic rings. The van der Waals surface area contributed by atoms with Crippen LogP contribution >= 0.6 is 11.3 Å². The molecule has 0 radical (unpaired) electrons. The number of aromatic nitrogens is 1. The van der Waals surface area contributed by atoms with Crippen LogP contribution in [0.2, 0.25) is 0 Å². The molecule has 3 nitrogen and oxygen atoms in total. The third-order valence-electron chi connectivity index (χ3n) is 3.24. The molecule has 1 heterocycles. The van der Waals surface area contributed by atoms with Crippen LogP contribution in [0.5, 0.6) is 0 Å². The molecule has 1 aromatic heterocycles. The molecule has 0 unspecified atom stereocenters. The van der Waals surface area contributed by atoms with Crippen LogP contribution in [0.1, 0.15) is 15.4 Å². The van der Waals surface area contributed by atoms with E-state index in [9.17, 15) is 13.6 Å². The molecule has 6 heteroatoms. The Labute approximate surface area is 135 Å². The summed E-state index contributed by atoms with van der Waals surface area (Å²) in [6.45, 7) is 1.94. The van der Waals surface area contributed by atoms with Crippen LogP contribution in [0.4, 0.5) is 14.5 Å². The van der Waals surface area contributed by atoms with Gasteiger partial charge in [-0.3, -0.25) is 4.79 Å². The fourth-order valence-corrected chi connectivity index (χ4v) is 2.68. The number of rotatable bonds is 3. The number of benzene rings is 2. The zero-order valence-corrected chi connectivity index (χ0v) is 13.0. The molecule has 1 amide bonds. The molecule has 3 rings (SSSR count). The Morgan fingerprint density at radius 3 is 2.43 bits per heavy atom. The SMILES string of the molecule is Cc1nc(-c2ccc(NC(=O)c3ccc(F)c(F)c3)cc2)cs1. The third kappa shape index (κ3) is 3.43. The smallest absolute Gasteiger partial charge is 0.255 e. The highest BCUT2D eigenvalue weighted by Crippen LogP contribution is 2.23. The number of nitrogens with one attached hydrogen (secondary N) is 1. The Bertz CT molecular complexity index is 859. The van der Waals surface area contributed by atoms with E-state index in [-0.39, 0.29) is 5.56 Å². The second kappa shape index (κ2) is 6.26. The Morgan fingerprint density at radius 2 is 1.83 bits per heavy atom. The van der Waals surface area contributed by atoms with Gasteiger partial charge in [0.15, 0.2) is 11.6 Å². The first-order valence-electron chi connectivity index (χ1n) is 6.82. The standard InChI is InChI=1S/C17H12F2N2OS/c1-10-20-16(9-23-10)11-2-5-13(6-3-11)21-17(22)12-4-7-14(18)15(19)8-12/h2-9H,1H3,(H,21,22). The molecular weight excluding hydrogens is 318 g/mol. The van der Waals surface area contributed by atoms with Gasteiger partial charge < -0.3 is 5.32 Å². The quantitative estimate of drug-likeness (QED) is 0.759. The molecule has 23 heavy (non-hydrogen) atoms. The maximum atomic E-state index is 13.2. The van der Waals surface area contributed by atoms with Gasteiger partial charge in [0.25, 0.3) is 5.91 Å². The lowest BCUT2D eigenvalue weighted by Gasteiger charge is -2.06. The van der Waals surface area contributed by atoms with E-state index >= 15 is 0 Å². The van der Waals surface area contributed by atoms with Gasteiger partial charge in [0.1, 0.15) is 0 Å². The Balaban J connectivity index is 1.75. The molecule has 0 spiro atoms. The molecule has 0 saturated heterocycles. The Hall–Kier alpha value is -2.60. The average Bonchev–Trinajstić information content (AvgIpc) is 2.97. The largest absolute Gasteiger partial charge is 0.322 e. The van der Waals surface area contributed by atoms with Crippen LogP contribution in [-0.4, -0.2) is 10.9 Å². The Kier molecular flexibility index (Phi) is 4.16. The first-order chi connectivity index (χ1) is 11.0. The van der Waals surface area contributed by atoms with Crippen molar-refractivity contribution < 1.29 is 13.6 Å². The minimum Gasteiger partial charge on any atom is -0.322 e. The van der Waals surface area contributed by atoms with Crippen LogP contribution in [0, 0.1) is 18.6 Å². The molecule has 0 bridgehead atoms. The molecule has 1 N–H and O–H groups in total. The number of carbonyl (C=O) groups excluding carboxylic acids is 1. The fraction of sp³-hybridized carbons (Fsp3) is 0.0588. The molecule has 3 aromatic rings. The van der Waals surface area contributed by atoms with Crippen molar-refractivity contribution in [2.75, 3.05) is 5.32 Å². The summed E-state index contributed by atoms with van der Waals surface area (Å²) < 4.78 is 26.0. The first kappa shape index (κ1) is 15.3. The summed E-state index contributed by atoms with van der Waals surface area (Å²) in [5, 5.41) is 5.59. The topological polar surface area (TPSA) is 42.0 Å². The monoisotopic (exact) mass is 330 g/mol. The average molecular weight is 330 g/mol. The second-order valence-electron chi connectivity index (χ2n) is 4.91. The lowest BCUT2D eigenvalue weighted by Crippen LogP contribution is -2.12. The van der Waals surface area contributed by atoms with E-state index in [0.717, 1.165) is 28.4 Å². The van der Waals surface area contributed by atoms with E-state index in [1.165, 1.54) is 6.07 Å². The van der Waals surface area contributed by atoms with Gasteiger partial charge in [-0.1, -0.05) is 12.1 Å². The molecule has 0 fully saturated rings. The lowest BCUT2D eigenvalue weighted by molar-refractivity contribution is 0.102. The van der Waals surface area contributed by atoms with Crippen molar-refractivity contribution in [3.63, 3.8) is 0 Å². The summed E-state index contributed by atoms with van der Waals surface area (Å²) in [7, 11) is 0. The number of thiazole rings is 1. The van der Waals surface area contributed by atoms with Gasteiger partial charge in [-0.25, -0.2) is 13.8 Å². The number of hydrogen-bond donors (Lipinski definition) is 1. The van der Waals surface area contributed by atoms with Crippen LogP contribution in [-0.2, 0) is 0 Å². The summed E-state index contributed by atoms with van der Waals surface area (Å²) in [5.74, 6) is -2.53. The minimum absolute atomic E-state index is 0.0584. The van der Waals surface area contributed by atoms with E-state index in [0.29, 0.717) is 5.69 Å². The predicted octanol–water partition coefficient (Wildman–Crippen LogP) is 4.65. The summed E-state index contributed by atoms with van der Waals surface area (Å²) in [4.78, 5) is 16.4. The highest BCUT2D eigenvalue weighted by Gasteiger charge is 2.10. The van der Waals surface area contributed by atoms with E-state index in [1.807, 2.05) is 24.4 Å². The van der Waals surface area contributed by atoms with Crippen molar-refractivity contribution in [3.05, 3.63) is 70.1 Å². The zero-order valence-electron chi connectivity index (χ0n) is 12.1. The normalized spacial score (nSPS) is 10.6. The van der Waals surface area contributed by atoms with Crippen molar-refractivity contribution in [3.8, 4) is 11.3 Å². The maximum Gasteiger partial charge on any atom is 0.255 e. The van der Waals surface area contributed by atoms with Crippen molar-refractivity contribution in [2.45, 2.75) is 6.92 Å². The molecule has 0 atom stereocenters. The van der Waals surface area contributed by atoms with Crippen molar-refractivity contribution in [2.24, 2.45) is 0 Å². The predicted molar refractivity (Wildman–Crippen MR) is 86.6 cm³/mol. The zero-order chi connectivity index (χ0) is 16.4.